The number of aromatic nitrogens is 4. The number of rotatable bonds is 1. The van der Waals surface area contributed by atoms with Crippen LogP contribution in [0.2, 0.25) is 0 Å². The van der Waals surface area contributed by atoms with Crippen molar-refractivity contribution in [2.45, 2.75) is 53.9 Å². The molecule has 4 nitrogen and oxygen atoms in total. The predicted octanol–water partition coefficient (Wildman–Crippen LogP) is 10.9. The summed E-state index contributed by atoms with van der Waals surface area (Å²) in [5.74, 6) is 0. The van der Waals surface area contributed by atoms with Crippen LogP contribution in [0.5, 0.6) is 0 Å². The van der Waals surface area contributed by atoms with Crippen molar-refractivity contribution in [3.63, 3.8) is 0 Å². The van der Waals surface area contributed by atoms with Crippen LogP contribution in [0.15, 0.2) is 195 Å². The molecule has 0 bridgehead atoms. The topological polar surface area (TPSA) is 15.5 Å². The molecule has 4 aromatic heterocycles. The van der Waals surface area contributed by atoms with E-state index in [0.717, 1.165) is 26.2 Å². The first-order valence-electron chi connectivity index (χ1n) is 21.8. The Morgan fingerprint density at radius 2 is 0.823 bits per heavy atom. The molecule has 0 amide bonds. The fraction of sp³-hybridized carbons (Fsp3) is 0.138. The second-order valence-corrected chi connectivity index (χ2v) is 16.9. The molecule has 5 aromatic carbocycles. The number of fused-ring (bicyclic) bond motifs is 12. The van der Waals surface area contributed by atoms with E-state index in [2.05, 4.69) is 241 Å². The number of hydrogen-bond acceptors (Lipinski definition) is 0. The van der Waals surface area contributed by atoms with Gasteiger partial charge in [-0.3, -0.25) is 0 Å². The standard InChI is InChI=1S/C20H18N.2C13H12N.C12H10N/c1-14-6-5-7-15(2)20(14)17-10-11-19-18-9-4-3-8-16(18)12-21(19)13-17;1-10-5-4-8-14-9-11-6-2-3-7-12(11)13(10)14;1-10-5-6-12-11(8-10)9-14-7-3-2-4-13(12)14;1-2-6-11-10(5-1)9-13-8-4-3-7-12(11)13/h3-11,13H,12H2,1-2H3;2*2-8H,9H2,1H3;1-8H,9H2/q4*+1. The molecule has 0 radical (unpaired) electrons. The van der Waals surface area contributed by atoms with E-state index in [4.69, 9.17) is 0 Å². The van der Waals surface area contributed by atoms with E-state index in [0.29, 0.717) is 0 Å². The SMILES string of the molecule is Cc1ccc2c(c1)C[n+]1ccccc1-2.Cc1ccc[n+]2c1-c1ccccc1C2.Cc1cccc(C)c1-c1ccc2[n+](c1)Cc1ccccc1-2.c1ccc2c(c1)C[n+]1ccccc1-2. The maximum absolute atomic E-state index is 2.37. The van der Waals surface area contributed by atoms with E-state index in [-0.39, 0.29) is 0 Å². The molecule has 0 saturated heterocycles. The zero-order chi connectivity index (χ0) is 42.2. The van der Waals surface area contributed by atoms with E-state index >= 15 is 0 Å². The second kappa shape index (κ2) is 16.6. The first-order valence-corrected chi connectivity index (χ1v) is 21.8. The van der Waals surface area contributed by atoms with Gasteiger partial charge in [0.1, 0.15) is 0 Å². The Kier molecular flexibility index (Phi) is 10.4. The Morgan fingerprint density at radius 1 is 0.339 bits per heavy atom. The lowest BCUT2D eigenvalue weighted by atomic mass is 9.96. The van der Waals surface area contributed by atoms with Gasteiger partial charge in [-0.1, -0.05) is 84.4 Å². The van der Waals surface area contributed by atoms with E-state index in [1.165, 1.54) is 101 Å². The molecular formula is C58H52N4+4. The lowest BCUT2D eigenvalue weighted by molar-refractivity contribution is -0.672. The Labute approximate surface area is 366 Å². The van der Waals surface area contributed by atoms with Gasteiger partial charge in [-0.15, -0.1) is 0 Å². The molecule has 0 N–H and O–H groups in total. The third-order valence-electron chi connectivity index (χ3n) is 12.7. The van der Waals surface area contributed by atoms with Crippen LogP contribution in [0.3, 0.4) is 0 Å². The minimum Gasteiger partial charge on any atom is -0.194 e. The molecule has 62 heavy (non-hydrogen) atoms. The maximum Gasteiger partial charge on any atom is 0.216 e. The Hall–Kier alpha value is -7.30. The highest BCUT2D eigenvalue weighted by Crippen LogP contribution is 2.32. The average Bonchev–Trinajstić information content (AvgIpc) is 4.07. The summed E-state index contributed by atoms with van der Waals surface area (Å²) < 4.78 is 9.26. The molecule has 13 rings (SSSR count). The van der Waals surface area contributed by atoms with Crippen molar-refractivity contribution in [1.82, 2.24) is 0 Å². The van der Waals surface area contributed by atoms with Gasteiger partial charge in [-0.2, -0.15) is 18.3 Å². The Bertz CT molecular complexity index is 3080. The van der Waals surface area contributed by atoms with Crippen molar-refractivity contribution in [1.29, 1.82) is 0 Å². The summed E-state index contributed by atoms with van der Waals surface area (Å²) in [6.45, 7) is 12.7. The number of pyridine rings is 4. The number of benzene rings is 5. The first kappa shape index (κ1) is 38.9. The van der Waals surface area contributed by atoms with E-state index < -0.39 is 0 Å². The fourth-order valence-electron chi connectivity index (χ4n) is 9.77. The van der Waals surface area contributed by atoms with Crippen LogP contribution in [-0.4, -0.2) is 0 Å². The smallest absolute Gasteiger partial charge is 0.194 e. The van der Waals surface area contributed by atoms with E-state index in [1.807, 2.05) is 0 Å². The van der Waals surface area contributed by atoms with Crippen LogP contribution in [-0.2, 0) is 26.2 Å². The zero-order valence-electron chi connectivity index (χ0n) is 36.1. The molecule has 9 aromatic rings. The highest BCUT2D eigenvalue weighted by atomic mass is 15.0. The van der Waals surface area contributed by atoms with Gasteiger partial charge < -0.3 is 0 Å². The highest BCUT2D eigenvalue weighted by molar-refractivity contribution is 5.72. The molecule has 8 heterocycles. The molecule has 4 aliphatic rings. The number of nitrogens with zero attached hydrogens (tertiary/aromatic N) is 4. The normalized spacial score (nSPS) is 12.3. The zero-order valence-corrected chi connectivity index (χ0v) is 36.1. The summed E-state index contributed by atoms with van der Waals surface area (Å²) >= 11 is 0. The van der Waals surface area contributed by atoms with Crippen molar-refractivity contribution in [2.75, 3.05) is 0 Å². The second-order valence-electron chi connectivity index (χ2n) is 16.9. The van der Waals surface area contributed by atoms with Crippen LogP contribution < -0.4 is 18.3 Å². The predicted molar refractivity (Wildman–Crippen MR) is 249 cm³/mol. The van der Waals surface area contributed by atoms with Gasteiger partial charge in [-0.05, 0) is 99.0 Å². The third kappa shape index (κ3) is 7.43. The van der Waals surface area contributed by atoms with Crippen molar-refractivity contribution >= 4 is 0 Å². The fourth-order valence-corrected chi connectivity index (χ4v) is 9.77. The minimum atomic E-state index is 0.976. The largest absolute Gasteiger partial charge is 0.216 e. The van der Waals surface area contributed by atoms with Crippen molar-refractivity contribution in [3.05, 3.63) is 239 Å². The molecule has 4 aliphatic heterocycles. The van der Waals surface area contributed by atoms with Gasteiger partial charge in [-0.25, -0.2) is 0 Å². The molecule has 0 aliphatic carbocycles. The van der Waals surface area contributed by atoms with Crippen LogP contribution in [0.25, 0.3) is 56.2 Å². The molecule has 0 atom stereocenters. The molecular weight excluding hydrogens is 753 g/mol. The van der Waals surface area contributed by atoms with Crippen LogP contribution >= 0.6 is 0 Å². The quantitative estimate of drug-likeness (QED) is 0.147. The molecule has 300 valence electrons. The van der Waals surface area contributed by atoms with E-state index in [9.17, 15) is 0 Å². The molecule has 0 saturated carbocycles. The highest BCUT2D eigenvalue weighted by Gasteiger charge is 2.28. The Balaban J connectivity index is 0.000000101. The summed E-state index contributed by atoms with van der Waals surface area (Å²) in [5.41, 5.74) is 24.7. The van der Waals surface area contributed by atoms with Crippen LogP contribution in [0.1, 0.15) is 44.5 Å². The van der Waals surface area contributed by atoms with E-state index in [1.54, 1.807) is 0 Å². The summed E-state index contributed by atoms with van der Waals surface area (Å²) in [4.78, 5) is 0. The van der Waals surface area contributed by atoms with Gasteiger partial charge in [0, 0.05) is 69.8 Å². The monoisotopic (exact) mass is 804 g/mol. The maximum atomic E-state index is 2.37. The number of aryl methyl sites for hydroxylation is 4. The first-order chi connectivity index (χ1) is 30.4. The number of hydrogen-bond donors (Lipinski definition) is 0. The van der Waals surface area contributed by atoms with Crippen molar-refractivity contribution in [2.24, 2.45) is 0 Å². The summed E-state index contributed by atoms with van der Waals surface area (Å²) in [7, 11) is 0. The molecule has 0 unspecified atom stereocenters. The van der Waals surface area contributed by atoms with Gasteiger partial charge in [0.15, 0.2) is 51.0 Å². The lowest BCUT2D eigenvalue weighted by Crippen LogP contribution is -2.32. The summed E-state index contributed by atoms with van der Waals surface area (Å²) in [6.07, 6.45) is 8.73. The van der Waals surface area contributed by atoms with Crippen molar-refractivity contribution in [3.8, 4) is 56.2 Å². The molecule has 0 fully saturated rings. The summed E-state index contributed by atoms with van der Waals surface area (Å²) in [6, 6.07) is 60.6. The van der Waals surface area contributed by atoms with Crippen LogP contribution in [0, 0.1) is 27.7 Å². The third-order valence-corrected chi connectivity index (χ3v) is 12.7. The van der Waals surface area contributed by atoms with Gasteiger partial charge in [0.05, 0.1) is 22.3 Å². The molecule has 0 spiro atoms. The minimum absolute atomic E-state index is 0.976. The van der Waals surface area contributed by atoms with Gasteiger partial charge in [0.2, 0.25) is 22.8 Å². The van der Waals surface area contributed by atoms with Crippen molar-refractivity contribution < 1.29 is 18.3 Å². The lowest BCUT2D eigenvalue weighted by Gasteiger charge is -2.08. The summed E-state index contributed by atoms with van der Waals surface area (Å²) in [5, 5.41) is 0. The Morgan fingerprint density at radius 3 is 1.48 bits per heavy atom. The van der Waals surface area contributed by atoms with Gasteiger partial charge >= 0.3 is 0 Å². The average molecular weight is 805 g/mol. The van der Waals surface area contributed by atoms with Crippen LogP contribution in [0.4, 0.5) is 0 Å². The van der Waals surface area contributed by atoms with Gasteiger partial charge in [0.25, 0.3) is 0 Å². The molecule has 4 heteroatoms.